The van der Waals surface area contributed by atoms with Crippen LogP contribution in [0.15, 0.2) is 36.5 Å². The number of carbonyl (C=O) groups excluding carboxylic acids is 2. The predicted molar refractivity (Wildman–Crippen MR) is 128 cm³/mol. The summed E-state index contributed by atoms with van der Waals surface area (Å²) in [6.07, 6.45) is 5.71. The SMILES string of the molecule is Cc1cc(CNC(=O)c2cc(C(=O)NCC34CCC(C(=O)O)(CC3)CC4)n3nccc3n2)ccc1F. The van der Waals surface area contributed by atoms with Crippen LogP contribution in [-0.2, 0) is 11.3 Å². The molecule has 2 aromatic heterocycles. The molecule has 2 heterocycles. The fourth-order valence-electron chi connectivity index (χ4n) is 5.49. The highest BCUT2D eigenvalue weighted by molar-refractivity contribution is 5.98. The molecule has 0 unspecified atom stereocenters. The Hall–Kier alpha value is -3.82. The zero-order valence-corrected chi connectivity index (χ0v) is 20.0. The Labute approximate surface area is 207 Å². The highest BCUT2D eigenvalue weighted by Crippen LogP contribution is 2.56. The first-order chi connectivity index (χ1) is 17.2. The molecule has 0 atom stereocenters. The molecular formula is C26H28FN5O4. The third-order valence-corrected chi connectivity index (χ3v) is 7.98. The zero-order valence-electron chi connectivity index (χ0n) is 20.0. The van der Waals surface area contributed by atoms with Gasteiger partial charge in [0.05, 0.1) is 11.6 Å². The van der Waals surface area contributed by atoms with E-state index in [4.69, 9.17) is 0 Å². The van der Waals surface area contributed by atoms with Gasteiger partial charge in [0.1, 0.15) is 17.2 Å². The van der Waals surface area contributed by atoms with Gasteiger partial charge >= 0.3 is 5.97 Å². The van der Waals surface area contributed by atoms with E-state index < -0.39 is 17.3 Å². The summed E-state index contributed by atoms with van der Waals surface area (Å²) in [6.45, 7) is 2.29. The monoisotopic (exact) mass is 493 g/mol. The van der Waals surface area contributed by atoms with E-state index in [-0.39, 0.29) is 35.1 Å². The zero-order chi connectivity index (χ0) is 25.5. The number of amides is 2. The quantitative estimate of drug-likeness (QED) is 0.464. The number of carboxylic acids is 1. The van der Waals surface area contributed by atoms with Crippen molar-refractivity contribution >= 4 is 23.4 Å². The molecule has 188 valence electrons. The van der Waals surface area contributed by atoms with E-state index in [1.165, 1.54) is 22.8 Å². The molecule has 3 fully saturated rings. The van der Waals surface area contributed by atoms with Crippen molar-refractivity contribution in [2.45, 2.75) is 52.0 Å². The van der Waals surface area contributed by atoms with Gasteiger partial charge in [0.2, 0.25) is 0 Å². The number of aromatic nitrogens is 3. The van der Waals surface area contributed by atoms with Gasteiger partial charge in [-0.1, -0.05) is 12.1 Å². The van der Waals surface area contributed by atoms with E-state index in [0.29, 0.717) is 37.0 Å². The van der Waals surface area contributed by atoms with Crippen molar-refractivity contribution in [3.63, 3.8) is 0 Å². The van der Waals surface area contributed by atoms with Gasteiger partial charge in [-0.2, -0.15) is 5.10 Å². The lowest BCUT2D eigenvalue weighted by Crippen LogP contribution is -2.50. The number of halogens is 1. The van der Waals surface area contributed by atoms with Crippen LogP contribution in [0, 0.1) is 23.6 Å². The van der Waals surface area contributed by atoms with E-state index in [1.807, 2.05) is 0 Å². The molecule has 6 rings (SSSR count). The van der Waals surface area contributed by atoms with Crippen molar-refractivity contribution in [2.75, 3.05) is 6.54 Å². The number of fused-ring (bicyclic) bond motifs is 4. The molecule has 10 heteroatoms. The predicted octanol–water partition coefficient (Wildman–Crippen LogP) is 3.26. The number of aliphatic carboxylic acids is 1. The normalized spacial score (nSPS) is 22.9. The molecule has 3 saturated carbocycles. The number of hydrogen-bond donors (Lipinski definition) is 3. The highest BCUT2D eigenvalue weighted by Gasteiger charge is 2.52. The average Bonchev–Trinajstić information content (AvgIpc) is 3.37. The molecule has 0 spiro atoms. The van der Waals surface area contributed by atoms with Crippen molar-refractivity contribution in [3.05, 3.63) is 64.9 Å². The molecule has 0 aliphatic heterocycles. The molecule has 2 bridgehead atoms. The van der Waals surface area contributed by atoms with Crippen molar-refractivity contribution in [1.82, 2.24) is 25.2 Å². The van der Waals surface area contributed by atoms with Crippen molar-refractivity contribution in [3.8, 4) is 0 Å². The first kappa shape index (κ1) is 23.9. The second-order valence-electron chi connectivity index (χ2n) is 10.2. The fourth-order valence-corrected chi connectivity index (χ4v) is 5.49. The first-order valence-corrected chi connectivity index (χ1v) is 12.1. The summed E-state index contributed by atoms with van der Waals surface area (Å²) in [5.74, 6) is -1.85. The highest BCUT2D eigenvalue weighted by atomic mass is 19.1. The van der Waals surface area contributed by atoms with Gasteiger partial charge in [-0.15, -0.1) is 0 Å². The molecule has 2 amide bonds. The number of hydrogen-bond acceptors (Lipinski definition) is 5. The molecule has 36 heavy (non-hydrogen) atoms. The summed E-state index contributed by atoms with van der Waals surface area (Å²) in [4.78, 5) is 42.1. The molecule has 0 saturated heterocycles. The Balaban J connectivity index is 1.29. The summed E-state index contributed by atoms with van der Waals surface area (Å²) < 4.78 is 14.9. The standard InChI is InChI=1S/C26H28FN5O4/c1-16-12-17(2-3-18(16)27)14-28-22(33)19-13-20(32-21(31-19)4-11-30-32)23(34)29-15-25-5-8-26(9-6-25,10-7-25)24(35)36/h2-4,11-13H,5-10,14-15H2,1H3,(H,28,33)(H,29,34)(H,35,36). The number of benzene rings is 1. The third-order valence-electron chi connectivity index (χ3n) is 7.98. The van der Waals surface area contributed by atoms with Gasteiger partial charge in [-0.25, -0.2) is 13.9 Å². The lowest BCUT2D eigenvalue weighted by Gasteiger charge is -2.51. The maximum absolute atomic E-state index is 13.5. The van der Waals surface area contributed by atoms with Crippen molar-refractivity contribution in [1.29, 1.82) is 0 Å². The van der Waals surface area contributed by atoms with Gasteiger partial charge in [-0.05, 0) is 68.1 Å². The van der Waals surface area contributed by atoms with E-state index in [1.54, 1.807) is 25.1 Å². The lowest BCUT2D eigenvalue weighted by atomic mass is 9.53. The summed E-state index contributed by atoms with van der Waals surface area (Å²) in [6, 6.07) is 7.65. The maximum atomic E-state index is 13.5. The molecule has 3 aromatic rings. The lowest BCUT2D eigenvalue weighted by molar-refractivity contribution is -0.158. The fraction of sp³-hybridized carbons (Fsp3) is 0.423. The second kappa shape index (κ2) is 9.00. The molecular weight excluding hydrogens is 465 g/mol. The Bertz CT molecular complexity index is 1340. The Kier molecular flexibility index (Phi) is 5.97. The van der Waals surface area contributed by atoms with Crippen LogP contribution in [0.4, 0.5) is 4.39 Å². The van der Waals surface area contributed by atoms with Crippen LogP contribution >= 0.6 is 0 Å². The number of nitrogens with zero attached hydrogens (tertiary/aromatic N) is 3. The smallest absolute Gasteiger partial charge is 0.309 e. The Morgan fingerprint density at radius 1 is 1.03 bits per heavy atom. The number of rotatable bonds is 7. The third kappa shape index (κ3) is 4.31. The van der Waals surface area contributed by atoms with Gasteiger partial charge in [0.15, 0.2) is 5.65 Å². The van der Waals surface area contributed by atoms with E-state index in [0.717, 1.165) is 24.8 Å². The average molecular weight is 494 g/mol. The van der Waals surface area contributed by atoms with E-state index in [9.17, 15) is 23.9 Å². The number of aryl methyl sites for hydroxylation is 1. The van der Waals surface area contributed by atoms with Gasteiger partial charge in [0.25, 0.3) is 11.8 Å². The van der Waals surface area contributed by atoms with E-state index in [2.05, 4.69) is 20.7 Å². The summed E-state index contributed by atoms with van der Waals surface area (Å²) in [5.41, 5.74) is 1.16. The van der Waals surface area contributed by atoms with Crippen molar-refractivity contribution < 1.29 is 23.9 Å². The Morgan fingerprint density at radius 3 is 2.42 bits per heavy atom. The van der Waals surface area contributed by atoms with Gasteiger partial charge in [0, 0.05) is 25.2 Å². The van der Waals surface area contributed by atoms with Crippen LogP contribution < -0.4 is 10.6 Å². The van der Waals surface area contributed by atoms with Crippen molar-refractivity contribution in [2.24, 2.45) is 10.8 Å². The molecule has 3 N–H and O–H groups in total. The van der Waals surface area contributed by atoms with Crippen LogP contribution in [-0.4, -0.2) is 44.0 Å². The largest absolute Gasteiger partial charge is 0.481 e. The molecule has 9 nitrogen and oxygen atoms in total. The van der Waals surface area contributed by atoms with Crippen LogP contribution in [0.25, 0.3) is 5.65 Å². The molecule has 0 radical (unpaired) electrons. The minimum atomic E-state index is -0.710. The van der Waals surface area contributed by atoms with Crippen LogP contribution in [0.5, 0.6) is 0 Å². The minimum absolute atomic E-state index is 0.0757. The van der Waals surface area contributed by atoms with E-state index >= 15 is 0 Å². The molecule has 3 aliphatic rings. The summed E-state index contributed by atoms with van der Waals surface area (Å²) in [7, 11) is 0. The van der Waals surface area contributed by atoms with Crippen LogP contribution in [0.2, 0.25) is 0 Å². The van der Waals surface area contributed by atoms with Crippen LogP contribution in [0.1, 0.15) is 70.6 Å². The topological polar surface area (TPSA) is 126 Å². The minimum Gasteiger partial charge on any atom is -0.481 e. The van der Waals surface area contributed by atoms with Gasteiger partial charge < -0.3 is 15.7 Å². The molecule has 1 aromatic carbocycles. The number of carboxylic acid groups (broad SMARTS) is 1. The summed E-state index contributed by atoms with van der Waals surface area (Å²) >= 11 is 0. The van der Waals surface area contributed by atoms with Crippen LogP contribution in [0.3, 0.4) is 0 Å². The summed E-state index contributed by atoms with van der Waals surface area (Å²) in [5, 5.41) is 19.6. The Morgan fingerprint density at radius 2 is 1.75 bits per heavy atom. The molecule has 3 aliphatic carbocycles. The number of carbonyl (C=O) groups is 3. The van der Waals surface area contributed by atoms with Gasteiger partial charge in [-0.3, -0.25) is 14.4 Å². The number of nitrogens with one attached hydrogen (secondary N) is 2. The second-order valence-corrected chi connectivity index (χ2v) is 10.2. The maximum Gasteiger partial charge on any atom is 0.309 e. The first-order valence-electron chi connectivity index (χ1n) is 12.1.